The van der Waals surface area contributed by atoms with Crippen molar-refractivity contribution >= 4 is 40.7 Å². The van der Waals surface area contributed by atoms with Gasteiger partial charge in [0.15, 0.2) is 0 Å². The summed E-state index contributed by atoms with van der Waals surface area (Å²) in [5.41, 5.74) is 1.58. The first-order valence-corrected chi connectivity index (χ1v) is 6.53. The molecule has 90 valence electrons. The van der Waals surface area contributed by atoms with Gasteiger partial charge in [0.05, 0.1) is 11.4 Å². The SMILES string of the molecule is CN1C(=O)c2ccccc2[C@H]2[C@@H]1[C@@H](Cl)C2(Cl)Cl. The second-order valence-electron chi connectivity index (χ2n) is 4.55. The number of likely N-dealkylation sites (N-methyl/N-ethyl adjacent to an activating group) is 1. The number of hydrogen-bond donors (Lipinski definition) is 0. The van der Waals surface area contributed by atoms with Gasteiger partial charge in [-0.05, 0) is 11.6 Å². The van der Waals surface area contributed by atoms with Gasteiger partial charge in [0.1, 0.15) is 4.33 Å². The Balaban J connectivity index is 2.18. The highest BCUT2D eigenvalue weighted by Crippen LogP contribution is 2.60. The minimum Gasteiger partial charge on any atom is -0.336 e. The van der Waals surface area contributed by atoms with Crippen molar-refractivity contribution in [3.05, 3.63) is 35.4 Å². The first-order chi connectivity index (χ1) is 7.96. The zero-order valence-corrected chi connectivity index (χ0v) is 11.3. The Hall–Kier alpha value is -0.440. The van der Waals surface area contributed by atoms with Crippen LogP contribution in [0, 0.1) is 0 Å². The zero-order valence-electron chi connectivity index (χ0n) is 9.03. The van der Waals surface area contributed by atoms with E-state index < -0.39 is 9.71 Å². The molecule has 1 aromatic rings. The van der Waals surface area contributed by atoms with E-state index in [2.05, 4.69) is 0 Å². The van der Waals surface area contributed by atoms with Crippen molar-refractivity contribution in [3.63, 3.8) is 0 Å². The fraction of sp³-hybridized carbons (Fsp3) is 0.417. The van der Waals surface area contributed by atoms with E-state index in [1.54, 1.807) is 18.0 Å². The number of rotatable bonds is 0. The summed E-state index contributed by atoms with van der Waals surface area (Å²) in [7, 11) is 1.74. The van der Waals surface area contributed by atoms with Crippen LogP contribution < -0.4 is 0 Å². The molecule has 0 aromatic heterocycles. The fourth-order valence-corrected chi connectivity index (χ4v) is 3.98. The first kappa shape index (κ1) is 11.6. The molecular weight excluding hydrogens is 280 g/mol. The molecule has 5 heteroatoms. The summed E-state index contributed by atoms with van der Waals surface area (Å²) in [4.78, 5) is 13.8. The minimum absolute atomic E-state index is 0.0173. The molecule has 3 atom stereocenters. The molecule has 1 aliphatic carbocycles. The quantitative estimate of drug-likeness (QED) is 0.673. The van der Waals surface area contributed by atoms with Gasteiger partial charge in [0.25, 0.3) is 5.91 Å². The van der Waals surface area contributed by atoms with Gasteiger partial charge in [0, 0.05) is 18.5 Å². The van der Waals surface area contributed by atoms with Crippen LogP contribution in [0.1, 0.15) is 21.8 Å². The van der Waals surface area contributed by atoms with Gasteiger partial charge in [-0.3, -0.25) is 4.79 Å². The van der Waals surface area contributed by atoms with Crippen LogP contribution >= 0.6 is 34.8 Å². The van der Waals surface area contributed by atoms with Gasteiger partial charge in [-0.15, -0.1) is 11.6 Å². The maximum Gasteiger partial charge on any atom is 0.254 e. The molecule has 0 bridgehead atoms. The van der Waals surface area contributed by atoms with E-state index in [0.29, 0.717) is 5.56 Å². The highest BCUT2D eigenvalue weighted by molar-refractivity contribution is 6.54. The Bertz CT molecular complexity index is 502. The Morgan fingerprint density at radius 3 is 2.65 bits per heavy atom. The molecule has 0 spiro atoms. The highest BCUT2D eigenvalue weighted by Gasteiger charge is 2.65. The van der Waals surface area contributed by atoms with Crippen molar-refractivity contribution in [1.29, 1.82) is 0 Å². The molecule has 3 rings (SSSR count). The van der Waals surface area contributed by atoms with Gasteiger partial charge in [-0.1, -0.05) is 41.4 Å². The second-order valence-corrected chi connectivity index (χ2v) is 6.46. The van der Waals surface area contributed by atoms with E-state index in [0.717, 1.165) is 5.56 Å². The predicted octanol–water partition coefficient (Wildman–Crippen LogP) is 3.02. The molecule has 0 saturated heterocycles. The molecule has 1 saturated carbocycles. The smallest absolute Gasteiger partial charge is 0.254 e. The molecule has 1 amide bonds. The van der Waals surface area contributed by atoms with Crippen LogP contribution in [0.3, 0.4) is 0 Å². The molecule has 2 nitrogen and oxygen atoms in total. The van der Waals surface area contributed by atoms with E-state index in [-0.39, 0.29) is 17.9 Å². The summed E-state index contributed by atoms with van der Waals surface area (Å²) in [6, 6.07) is 7.32. The first-order valence-electron chi connectivity index (χ1n) is 5.34. The predicted molar refractivity (Wildman–Crippen MR) is 69.1 cm³/mol. The summed E-state index contributed by atoms with van der Waals surface area (Å²) in [6.07, 6.45) is 0. The van der Waals surface area contributed by atoms with Crippen LogP contribution in [0.25, 0.3) is 0 Å². The monoisotopic (exact) mass is 289 g/mol. The number of hydrogen-bond acceptors (Lipinski definition) is 1. The summed E-state index contributed by atoms with van der Waals surface area (Å²) < 4.78 is -1.00. The maximum atomic E-state index is 12.1. The number of nitrogens with zero attached hydrogens (tertiary/aromatic N) is 1. The van der Waals surface area contributed by atoms with Crippen LogP contribution in [-0.4, -0.2) is 33.6 Å². The number of carbonyl (C=O) groups is 1. The van der Waals surface area contributed by atoms with Crippen molar-refractivity contribution in [3.8, 4) is 0 Å². The van der Waals surface area contributed by atoms with Gasteiger partial charge < -0.3 is 4.90 Å². The molecular formula is C12H10Cl3NO. The lowest BCUT2D eigenvalue weighted by Gasteiger charge is -2.57. The molecule has 2 aliphatic rings. The molecule has 0 N–H and O–H groups in total. The lowest BCUT2D eigenvalue weighted by atomic mass is 9.68. The van der Waals surface area contributed by atoms with Gasteiger partial charge in [0.2, 0.25) is 0 Å². The summed E-state index contributed by atoms with van der Waals surface area (Å²) in [6.45, 7) is 0. The lowest BCUT2D eigenvalue weighted by Crippen LogP contribution is -2.68. The third-order valence-electron chi connectivity index (χ3n) is 3.72. The number of fused-ring (bicyclic) bond motifs is 3. The van der Waals surface area contributed by atoms with Gasteiger partial charge >= 0.3 is 0 Å². The van der Waals surface area contributed by atoms with Gasteiger partial charge in [-0.2, -0.15) is 0 Å². The van der Waals surface area contributed by atoms with E-state index in [9.17, 15) is 4.79 Å². The van der Waals surface area contributed by atoms with Gasteiger partial charge in [-0.25, -0.2) is 0 Å². The number of amides is 1. The minimum atomic E-state index is -1.00. The van der Waals surface area contributed by atoms with Crippen molar-refractivity contribution < 1.29 is 4.79 Å². The van der Waals surface area contributed by atoms with Crippen LogP contribution in [0.5, 0.6) is 0 Å². The Morgan fingerprint density at radius 1 is 1.29 bits per heavy atom. The third-order valence-corrected chi connectivity index (χ3v) is 5.48. The summed E-state index contributed by atoms with van der Waals surface area (Å²) >= 11 is 18.7. The average molecular weight is 291 g/mol. The second kappa shape index (κ2) is 3.53. The standard InChI is InChI=1S/C12H10Cl3NO/c1-16-9-8(12(14,15)10(9)13)6-4-2-3-5-7(6)11(16)17/h2-5,8-10H,1H3/t8-,9+,10+/m0/s1. The van der Waals surface area contributed by atoms with E-state index >= 15 is 0 Å². The molecule has 1 heterocycles. The molecule has 1 fully saturated rings. The Kier molecular flexibility index (Phi) is 2.42. The summed E-state index contributed by atoms with van der Waals surface area (Å²) in [5.74, 6) is -0.122. The highest BCUT2D eigenvalue weighted by atomic mass is 35.5. The number of carbonyl (C=O) groups excluding carboxylic acids is 1. The number of benzene rings is 1. The normalized spacial score (nSPS) is 33.8. The maximum absolute atomic E-state index is 12.1. The summed E-state index contributed by atoms with van der Waals surface area (Å²) in [5, 5.41) is -0.432. The van der Waals surface area contributed by atoms with Crippen LogP contribution in [-0.2, 0) is 0 Å². The third kappa shape index (κ3) is 1.32. The number of alkyl halides is 3. The molecule has 1 aromatic carbocycles. The number of halogens is 3. The van der Waals surface area contributed by atoms with Crippen LogP contribution in [0.15, 0.2) is 24.3 Å². The topological polar surface area (TPSA) is 20.3 Å². The van der Waals surface area contributed by atoms with Crippen LogP contribution in [0.2, 0.25) is 0 Å². The van der Waals surface area contributed by atoms with Crippen molar-refractivity contribution in [2.45, 2.75) is 21.7 Å². The largest absolute Gasteiger partial charge is 0.336 e. The molecule has 0 unspecified atom stereocenters. The van der Waals surface area contributed by atoms with E-state index in [1.807, 2.05) is 18.2 Å². The van der Waals surface area contributed by atoms with Crippen molar-refractivity contribution in [1.82, 2.24) is 4.90 Å². The van der Waals surface area contributed by atoms with E-state index in [4.69, 9.17) is 34.8 Å². The Labute approximate surface area is 114 Å². The molecule has 0 radical (unpaired) electrons. The van der Waals surface area contributed by atoms with Crippen LogP contribution in [0.4, 0.5) is 0 Å². The molecule has 17 heavy (non-hydrogen) atoms. The molecule has 1 aliphatic heterocycles. The van der Waals surface area contributed by atoms with E-state index in [1.165, 1.54) is 0 Å². The fourth-order valence-electron chi connectivity index (χ4n) is 2.78. The van der Waals surface area contributed by atoms with Crippen molar-refractivity contribution in [2.24, 2.45) is 0 Å². The lowest BCUT2D eigenvalue weighted by molar-refractivity contribution is 0.0540. The van der Waals surface area contributed by atoms with Crippen molar-refractivity contribution in [2.75, 3.05) is 7.05 Å². The zero-order chi connectivity index (χ0) is 12.4. The Morgan fingerprint density at radius 2 is 1.94 bits per heavy atom. The average Bonchev–Trinajstić information content (AvgIpc) is 2.32.